The van der Waals surface area contributed by atoms with Crippen molar-refractivity contribution in [3.05, 3.63) is 29.0 Å². The third kappa shape index (κ3) is 5.10. The second-order valence-corrected chi connectivity index (χ2v) is 7.11. The van der Waals surface area contributed by atoms with Crippen LogP contribution in [0.3, 0.4) is 0 Å². The van der Waals surface area contributed by atoms with E-state index < -0.39 is 37.2 Å². The zero-order valence-electron chi connectivity index (χ0n) is 15.7. The van der Waals surface area contributed by atoms with E-state index in [2.05, 4.69) is 20.3 Å². The van der Waals surface area contributed by atoms with Gasteiger partial charge in [0.1, 0.15) is 5.69 Å². The van der Waals surface area contributed by atoms with E-state index in [0.29, 0.717) is 10.7 Å². The molecule has 2 aromatic rings. The van der Waals surface area contributed by atoms with Crippen molar-refractivity contribution in [3.8, 4) is 6.01 Å². The van der Waals surface area contributed by atoms with Gasteiger partial charge in [-0.15, -0.1) is 0 Å². The summed E-state index contributed by atoms with van der Waals surface area (Å²) in [6.07, 6.45) is -5.81. The van der Waals surface area contributed by atoms with E-state index >= 15 is 0 Å². The van der Waals surface area contributed by atoms with Crippen LogP contribution in [0.15, 0.2) is 18.3 Å². The van der Waals surface area contributed by atoms with E-state index in [1.54, 1.807) is 12.1 Å². The fourth-order valence-corrected chi connectivity index (χ4v) is 2.91. The summed E-state index contributed by atoms with van der Waals surface area (Å²) in [5, 5.41) is 3.16. The number of nitrogen functional groups attached to an aromatic ring is 1. The van der Waals surface area contributed by atoms with Gasteiger partial charge in [0.15, 0.2) is 17.7 Å². The second-order valence-electron chi connectivity index (χ2n) is 6.71. The lowest BCUT2D eigenvalue weighted by molar-refractivity contribution is -0.190. The van der Waals surface area contributed by atoms with Crippen LogP contribution in [0.5, 0.6) is 6.01 Å². The van der Waals surface area contributed by atoms with E-state index in [1.807, 2.05) is 0 Å². The maximum Gasteiger partial charge on any atom is 0.425 e. The zero-order valence-corrected chi connectivity index (χ0v) is 16.4. The van der Waals surface area contributed by atoms with Crippen LogP contribution in [0.4, 0.5) is 39.3 Å². The van der Waals surface area contributed by atoms with Crippen LogP contribution in [-0.2, 0) is 6.54 Å². The van der Waals surface area contributed by atoms with E-state index in [1.165, 1.54) is 11.1 Å². The summed E-state index contributed by atoms with van der Waals surface area (Å²) < 4.78 is 70.7. The molecule has 1 fully saturated rings. The molecule has 0 spiro atoms. The molecule has 13 heteroatoms. The molecule has 1 aliphatic rings. The molecule has 1 unspecified atom stereocenters. The maximum atomic E-state index is 13.6. The Morgan fingerprint density at radius 2 is 2.10 bits per heavy atom. The Morgan fingerprint density at radius 1 is 1.37 bits per heavy atom. The second kappa shape index (κ2) is 8.25. The van der Waals surface area contributed by atoms with Gasteiger partial charge in [0.2, 0.25) is 0 Å². The SMILES string of the molecule is CC(Oc1nc(NCc2ncccc2Cl)c(N)c(N2CCC(F)(F)C2)n1)C(F)(F)F. The van der Waals surface area contributed by atoms with E-state index in [-0.39, 0.29) is 30.4 Å². The molecule has 1 saturated heterocycles. The Hall–Kier alpha value is -2.63. The fraction of sp³-hybridized carbons (Fsp3) is 0.471. The number of anilines is 3. The lowest BCUT2D eigenvalue weighted by atomic mass is 10.3. The normalized spacial score (nSPS) is 17.1. The van der Waals surface area contributed by atoms with Gasteiger partial charge in [0.25, 0.3) is 5.92 Å². The molecule has 30 heavy (non-hydrogen) atoms. The topological polar surface area (TPSA) is 89.2 Å². The van der Waals surface area contributed by atoms with Gasteiger partial charge in [-0.25, -0.2) is 8.78 Å². The molecule has 2 aromatic heterocycles. The number of hydrogen-bond donors (Lipinski definition) is 2. The molecule has 0 bridgehead atoms. The highest BCUT2D eigenvalue weighted by Gasteiger charge is 2.41. The minimum atomic E-state index is -4.67. The van der Waals surface area contributed by atoms with Crippen LogP contribution in [0.1, 0.15) is 19.0 Å². The van der Waals surface area contributed by atoms with Crippen LogP contribution in [0.2, 0.25) is 5.02 Å². The van der Waals surface area contributed by atoms with Crippen molar-refractivity contribution in [3.63, 3.8) is 0 Å². The van der Waals surface area contributed by atoms with Gasteiger partial charge in [-0.1, -0.05) is 11.6 Å². The van der Waals surface area contributed by atoms with Crippen LogP contribution in [0.25, 0.3) is 0 Å². The van der Waals surface area contributed by atoms with E-state index in [9.17, 15) is 22.0 Å². The molecule has 0 aliphatic carbocycles. The molecular weight excluding hydrogens is 435 g/mol. The number of alkyl halides is 5. The first-order valence-electron chi connectivity index (χ1n) is 8.83. The highest BCUT2D eigenvalue weighted by Crippen LogP contribution is 2.37. The van der Waals surface area contributed by atoms with Gasteiger partial charge < -0.3 is 20.7 Å². The van der Waals surface area contributed by atoms with Crippen LogP contribution in [-0.4, -0.2) is 46.2 Å². The number of nitrogens with two attached hydrogens (primary N) is 1. The molecule has 3 rings (SSSR count). The first kappa shape index (κ1) is 22.1. The summed E-state index contributed by atoms with van der Waals surface area (Å²) >= 11 is 6.04. The monoisotopic (exact) mass is 452 g/mol. The molecule has 7 nitrogen and oxygen atoms in total. The van der Waals surface area contributed by atoms with Crippen LogP contribution >= 0.6 is 11.6 Å². The highest BCUT2D eigenvalue weighted by atomic mass is 35.5. The minimum absolute atomic E-state index is 0.0325. The lowest BCUT2D eigenvalue weighted by Crippen LogP contribution is -2.32. The standard InChI is InChI=1S/C17H18ClF5N6O/c1-9(17(21,22)23)30-15-27-13(26-7-11-10(18)3-2-5-25-11)12(24)14(28-15)29-6-4-16(19,20)8-29/h2-3,5,9H,4,6-8,24H2,1H3,(H,26,27,28). The molecule has 164 valence electrons. The number of nitrogens with zero attached hydrogens (tertiary/aromatic N) is 4. The molecule has 0 saturated carbocycles. The van der Waals surface area contributed by atoms with Crippen molar-refractivity contribution in [2.45, 2.75) is 38.1 Å². The number of nitrogens with one attached hydrogen (secondary N) is 1. The summed E-state index contributed by atoms with van der Waals surface area (Å²) in [6.45, 7) is 0.0664. The smallest absolute Gasteiger partial charge is 0.425 e. The Balaban J connectivity index is 1.92. The summed E-state index contributed by atoms with van der Waals surface area (Å²) in [6, 6.07) is 2.58. The first-order valence-corrected chi connectivity index (χ1v) is 9.21. The first-order chi connectivity index (χ1) is 14.0. The predicted molar refractivity (Wildman–Crippen MR) is 101 cm³/mol. The summed E-state index contributed by atoms with van der Waals surface area (Å²) in [4.78, 5) is 13.0. The van der Waals surface area contributed by atoms with Gasteiger partial charge in [0, 0.05) is 19.2 Å². The number of rotatable bonds is 6. The molecule has 3 heterocycles. The predicted octanol–water partition coefficient (Wildman–Crippen LogP) is 3.89. The highest BCUT2D eigenvalue weighted by molar-refractivity contribution is 6.31. The Labute approximate surface area is 173 Å². The minimum Gasteiger partial charge on any atom is -0.451 e. The van der Waals surface area contributed by atoms with Gasteiger partial charge in [-0.2, -0.15) is 23.1 Å². The number of aromatic nitrogens is 3. The van der Waals surface area contributed by atoms with Crippen molar-refractivity contribution < 1.29 is 26.7 Å². The molecular formula is C17H18ClF5N6O. The van der Waals surface area contributed by atoms with Crippen molar-refractivity contribution in [2.75, 3.05) is 29.0 Å². The lowest BCUT2D eigenvalue weighted by Gasteiger charge is -2.23. The van der Waals surface area contributed by atoms with Crippen LogP contribution in [0, 0.1) is 0 Å². The fourth-order valence-electron chi connectivity index (χ4n) is 2.72. The molecule has 1 atom stereocenters. The maximum absolute atomic E-state index is 13.6. The molecule has 0 amide bonds. The molecule has 0 radical (unpaired) electrons. The van der Waals surface area contributed by atoms with Crippen molar-refractivity contribution in [2.24, 2.45) is 0 Å². The number of pyridine rings is 1. The summed E-state index contributed by atoms with van der Waals surface area (Å²) in [5.41, 5.74) is 6.36. The Bertz CT molecular complexity index is 913. The molecule has 1 aliphatic heterocycles. The zero-order chi connectivity index (χ0) is 22.1. The van der Waals surface area contributed by atoms with E-state index in [4.69, 9.17) is 22.1 Å². The molecule has 0 aromatic carbocycles. The average molecular weight is 453 g/mol. The average Bonchev–Trinajstić information content (AvgIpc) is 3.01. The quantitative estimate of drug-likeness (QED) is 0.643. The Kier molecular flexibility index (Phi) is 6.06. The number of halogens is 6. The van der Waals surface area contributed by atoms with E-state index in [0.717, 1.165) is 6.92 Å². The third-order valence-corrected chi connectivity index (χ3v) is 4.72. The van der Waals surface area contributed by atoms with Crippen molar-refractivity contribution in [1.82, 2.24) is 15.0 Å². The largest absolute Gasteiger partial charge is 0.451 e. The molecule has 3 N–H and O–H groups in total. The Morgan fingerprint density at radius 3 is 2.70 bits per heavy atom. The third-order valence-electron chi connectivity index (χ3n) is 4.38. The van der Waals surface area contributed by atoms with Crippen molar-refractivity contribution >= 4 is 28.9 Å². The van der Waals surface area contributed by atoms with Gasteiger partial charge in [-0.3, -0.25) is 4.98 Å². The summed E-state index contributed by atoms with van der Waals surface area (Å²) in [5.74, 6) is -3.19. The number of ether oxygens (including phenoxy) is 1. The van der Waals surface area contributed by atoms with Gasteiger partial charge in [-0.05, 0) is 19.1 Å². The van der Waals surface area contributed by atoms with Crippen LogP contribution < -0.4 is 20.7 Å². The number of hydrogen-bond acceptors (Lipinski definition) is 7. The van der Waals surface area contributed by atoms with Crippen molar-refractivity contribution in [1.29, 1.82) is 0 Å². The van der Waals surface area contributed by atoms with Gasteiger partial charge >= 0.3 is 12.2 Å². The van der Waals surface area contributed by atoms with Gasteiger partial charge in [0.05, 0.1) is 23.8 Å². The summed E-state index contributed by atoms with van der Waals surface area (Å²) in [7, 11) is 0.